The number of benzene rings is 2. The molecule has 0 atom stereocenters. The Hall–Kier alpha value is -3.87. The molecule has 0 radical (unpaired) electrons. The van der Waals surface area contributed by atoms with E-state index in [1.54, 1.807) is 4.68 Å². The number of fused-ring (bicyclic) bond motifs is 1. The molecule has 0 bridgehead atoms. The van der Waals surface area contributed by atoms with Gasteiger partial charge in [-0.25, -0.2) is 4.68 Å². The number of nitrogens with one attached hydrogen (secondary N) is 1. The quantitative estimate of drug-likeness (QED) is 0.464. The van der Waals surface area contributed by atoms with Crippen molar-refractivity contribution in [2.45, 2.75) is 34.2 Å². The summed E-state index contributed by atoms with van der Waals surface area (Å²) >= 11 is 0. The molecule has 164 valence electrons. The van der Waals surface area contributed by atoms with Crippen LogP contribution in [0.5, 0.6) is 0 Å². The van der Waals surface area contributed by atoms with E-state index in [1.165, 1.54) is 0 Å². The van der Waals surface area contributed by atoms with Crippen molar-refractivity contribution in [3.8, 4) is 5.69 Å². The number of ether oxygens (including phenoxy) is 1. The SMILES string of the molecule is Cc1cccc(-n2nc(C)c(NC(=O)COC(=O)Cn3c(C)cc4ccccc43)c2C)c1. The number of rotatable bonds is 6. The van der Waals surface area contributed by atoms with Gasteiger partial charge in [0, 0.05) is 11.2 Å². The minimum absolute atomic E-state index is 0.0516. The zero-order chi connectivity index (χ0) is 22.8. The number of para-hydroxylation sites is 1. The fourth-order valence-electron chi connectivity index (χ4n) is 3.89. The summed E-state index contributed by atoms with van der Waals surface area (Å²) in [7, 11) is 0. The Kier molecular flexibility index (Phi) is 5.81. The maximum Gasteiger partial charge on any atom is 0.326 e. The highest BCUT2D eigenvalue weighted by atomic mass is 16.5. The van der Waals surface area contributed by atoms with Gasteiger partial charge in [-0.15, -0.1) is 0 Å². The highest BCUT2D eigenvalue weighted by Gasteiger charge is 2.17. The summed E-state index contributed by atoms with van der Waals surface area (Å²) in [5.74, 6) is -0.865. The van der Waals surface area contributed by atoms with E-state index in [0.717, 1.165) is 33.5 Å². The first kappa shape index (κ1) is 21.4. The molecule has 0 spiro atoms. The number of amides is 1. The lowest BCUT2D eigenvalue weighted by Gasteiger charge is -2.10. The van der Waals surface area contributed by atoms with Crippen LogP contribution in [-0.4, -0.2) is 32.8 Å². The molecule has 32 heavy (non-hydrogen) atoms. The number of aromatic nitrogens is 3. The Labute approximate surface area is 186 Å². The van der Waals surface area contributed by atoms with Crippen LogP contribution < -0.4 is 5.32 Å². The summed E-state index contributed by atoms with van der Waals surface area (Å²) in [4.78, 5) is 24.8. The van der Waals surface area contributed by atoms with Crippen molar-refractivity contribution in [3.05, 3.63) is 77.2 Å². The minimum Gasteiger partial charge on any atom is -0.454 e. The van der Waals surface area contributed by atoms with Gasteiger partial charge in [0.05, 0.1) is 22.8 Å². The smallest absolute Gasteiger partial charge is 0.326 e. The lowest BCUT2D eigenvalue weighted by atomic mass is 10.2. The molecule has 7 heteroatoms. The van der Waals surface area contributed by atoms with E-state index in [9.17, 15) is 9.59 Å². The summed E-state index contributed by atoms with van der Waals surface area (Å²) < 4.78 is 8.92. The second-order valence-electron chi connectivity index (χ2n) is 7.94. The molecule has 0 fully saturated rings. The van der Waals surface area contributed by atoms with E-state index < -0.39 is 11.9 Å². The topological polar surface area (TPSA) is 78.2 Å². The van der Waals surface area contributed by atoms with Gasteiger partial charge >= 0.3 is 5.97 Å². The zero-order valence-electron chi connectivity index (χ0n) is 18.7. The molecule has 0 saturated carbocycles. The fraction of sp³-hybridized carbons (Fsp3) is 0.240. The number of nitrogens with zero attached hydrogens (tertiary/aromatic N) is 3. The normalized spacial score (nSPS) is 11.0. The van der Waals surface area contributed by atoms with Gasteiger partial charge in [-0.1, -0.05) is 30.3 Å². The summed E-state index contributed by atoms with van der Waals surface area (Å²) in [6.07, 6.45) is 0. The molecule has 2 aromatic heterocycles. The average Bonchev–Trinajstić information content (AvgIpc) is 3.23. The van der Waals surface area contributed by atoms with Crippen molar-refractivity contribution in [1.29, 1.82) is 0 Å². The number of aryl methyl sites for hydroxylation is 3. The van der Waals surface area contributed by atoms with Gasteiger partial charge in [-0.3, -0.25) is 9.59 Å². The monoisotopic (exact) mass is 430 g/mol. The van der Waals surface area contributed by atoms with Gasteiger partial charge in [-0.05, 0) is 62.9 Å². The Balaban J connectivity index is 1.40. The summed E-state index contributed by atoms with van der Waals surface area (Å²) in [5, 5.41) is 8.44. The van der Waals surface area contributed by atoms with E-state index in [4.69, 9.17) is 4.74 Å². The van der Waals surface area contributed by atoms with Gasteiger partial charge in [0.1, 0.15) is 6.54 Å². The minimum atomic E-state index is -0.464. The van der Waals surface area contributed by atoms with E-state index in [0.29, 0.717) is 11.4 Å². The first-order valence-electron chi connectivity index (χ1n) is 10.5. The van der Waals surface area contributed by atoms with Crippen LogP contribution in [0.15, 0.2) is 54.6 Å². The van der Waals surface area contributed by atoms with Crippen molar-refractivity contribution in [2.75, 3.05) is 11.9 Å². The van der Waals surface area contributed by atoms with E-state index >= 15 is 0 Å². The van der Waals surface area contributed by atoms with Crippen LogP contribution in [0.25, 0.3) is 16.6 Å². The molecule has 7 nitrogen and oxygen atoms in total. The maximum absolute atomic E-state index is 12.5. The number of carbonyl (C=O) groups is 2. The van der Waals surface area contributed by atoms with Crippen molar-refractivity contribution in [1.82, 2.24) is 14.3 Å². The number of hydrogen-bond acceptors (Lipinski definition) is 4. The zero-order valence-corrected chi connectivity index (χ0v) is 18.7. The Morgan fingerprint density at radius 3 is 2.56 bits per heavy atom. The Morgan fingerprint density at radius 1 is 1.00 bits per heavy atom. The maximum atomic E-state index is 12.5. The van der Waals surface area contributed by atoms with Gasteiger partial charge in [-0.2, -0.15) is 5.10 Å². The molecular formula is C25H26N4O3. The summed E-state index contributed by atoms with van der Waals surface area (Å²) in [6, 6.07) is 17.8. The molecular weight excluding hydrogens is 404 g/mol. The van der Waals surface area contributed by atoms with Crippen LogP contribution in [0.3, 0.4) is 0 Å². The van der Waals surface area contributed by atoms with Gasteiger partial charge < -0.3 is 14.6 Å². The number of esters is 1. The number of hydrogen-bond donors (Lipinski definition) is 1. The molecule has 0 aliphatic rings. The Morgan fingerprint density at radius 2 is 1.78 bits per heavy atom. The van der Waals surface area contributed by atoms with Crippen molar-refractivity contribution in [2.24, 2.45) is 0 Å². The van der Waals surface area contributed by atoms with Crippen LogP contribution in [0.1, 0.15) is 22.6 Å². The third-order valence-corrected chi connectivity index (χ3v) is 5.47. The molecule has 0 aliphatic heterocycles. The fourth-order valence-corrected chi connectivity index (χ4v) is 3.89. The average molecular weight is 431 g/mol. The second kappa shape index (κ2) is 8.70. The van der Waals surface area contributed by atoms with E-state index in [-0.39, 0.29) is 13.2 Å². The number of carbonyl (C=O) groups excluding carboxylic acids is 2. The molecule has 4 aromatic rings. The molecule has 0 aliphatic carbocycles. The van der Waals surface area contributed by atoms with Crippen LogP contribution in [0.4, 0.5) is 5.69 Å². The third kappa shape index (κ3) is 4.27. The van der Waals surface area contributed by atoms with E-state index in [1.807, 2.05) is 86.9 Å². The van der Waals surface area contributed by atoms with Gasteiger partial charge in [0.2, 0.25) is 0 Å². The van der Waals surface area contributed by atoms with Crippen LogP contribution in [0.2, 0.25) is 0 Å². The first-order valence-corrected chi connectivity index (χ1v) is 10.5. The van der Waals surface area contributed by atoms with Crippen molar-refractivity contribution < 1.29 is 14.3 Å². The van der Waals surface area contributed by atoms with Gasteiger partial charge in [0.25, 0.3) is 5.91 Å². The van der Waals surface area contributed by atoms with Crippen molar-refractivity contribution >= 4 is 28.5 Å². The molecule has 1 amide bonds. The lowest BCUT2D eigenvalue weighted by molar-refractivity contribution is -0.147. The molecule has 0 saturated heterocycles. The highest BCUT2D eigenvalue weighted by molar-refractivity contribution is 5.94. The Bertz CT molecular complexity index is 1320. The predicted octanol–water partition coefficient (Wildman–Crippen LogP) is 4.24. The first-order chi connectivity index (χ1) is 15.3. The van der Waals surface area contributed by atoms with Crippen LogP contribution in [-0.2, 0) is 20.9 Å². The predicted molar refractivity (Wildman–Crippen MR) is 124 cm³/mol. The molecule has 1 N–H and O–H groups in total. The summed E-state index contributed by atoms with van der Waals surface area (Å²) in [5.41, 5.74) is 6.09. The van der Waals surface area contributed by atoms with Crippen LogP contribution >= 0.6 is 0 Å². The second-order valence-corrected chi connectivity index (χ2v) is 7.94. The third-order valence-electron chi connectivity index (χ3n) is 5.47. The molecule has 0 unspecified atom stereocenters. The molecule has 4 rings (SSSR count). The molecule has 2 aromatic carbocycles. The number of anilines is 1. The summed E-state index contributed by atoms with van der Waals surface area (Å²) in [6.45, 7) is 7.38. The lowest BCUT2D eigenvalue weighted by Crippen LogP contribution is -2.23. The standard InChI is InChI=1S/C25H26N4O3/c1-16-8-7-10-21(12-16)29-19(4)25(18(3)27-29)26-23(30)15-32-24(31)14-28-17(2)13-20-9-5-6-11-22(20)28/h5-13H,14-15H2,1-4H3,(H,26,30). The van der Waals surface area contributed by atoms with Crippen LogP contribution in [0, 0.1) is 27.7 Å². The van der Waals surface area contributed by atoms with Crippen molar-refractivity contribution in [3.63, 3.8) is 0 Å². The molecule has 2 heterocycles. The highest BCUT2D eigenvalue weighted by Crippen LogP contribution is 2.23. The van der Waals surface area contributed by atoms with E-state index in [2.05, 4.69) is 10.4 Å². The largest absolute Gasteiger partial charge is 0.454 e. The van der Waals surface area contributed by atoms with Gasteiger partial charge in [0.15, 0.2) is 6.61 Å².